The van der Waals surface area contributed by atoms with Crippen molar-refractivity contribution in [3.63, 3.8) is 0 Å². The topological polar surface area (TPSA) is 72.7 Å². The normalized spacial score (nSPS) is 14.4. The van der Waals surface area contributed by atoms with Crippen LogP contribution in [0.5, 0.6) is 0 Å². The Hall–Kier alpha value is -2.75. The second-order valence-corrected chi connectivity index (χ2v) is 7.12. The SMILES string of the molecule is Cc1c(C(=O)Nc2nc(C3CC3)cs2)cnn1-c1ccc(C(F)(F)F)cn1. The van der Waals surface area contributed by atoms with Gasteiger partial charge in [-0.25, -0.2) is 14.6 Å². The van der Waals surface area contributed by atoms with Crippen molar-refractivity contribution in [2.75, 3.05) is 5.32 Å². The highest BCUT2D eigenvalue weighted by Crippen LogP contribution is 2.41. The quantitative estimate of drug-likeness (QED) is 0.722. The van der Waals surface area contributed by atoms with Gasteiger partial charge >= 0.3 is 6.18 Å². The second-order valence-electron chi connectivity index (χ2n) is 6.26. The van der Waals surface area contributed by atoms with E-state index < -0.39 is 11.7 Å². The summed E-state index contributed by atoms with van der Waals surface area (Å²) in [5.74, 6) is 0.328. The fourth-order valence-corrected chi connectivity index (χ4v) is 3.40. The van der Waals surface area contributed by atoms with Crippen molar-refractivity contribution in [3.8, 4) is 5.82 Å². The number of hydrogen-bond donors (Lipinski definition) is 1. The Bertz CT molecular complexity index is 989. The molecule has 3 heterocycles. The number of alkyl halides is 3. The van der Waals surface area contributed by atoms with Crippen LogP contribution < -0.4 is 5.32 Å². The fourth-order valence-electron chi connectivity index (χ4n) is 2.62. The molecule has 140 valence electrons. The number of amides is 1. The van der Waals surface area contributed by atoms with Gasteiger partial charge in [0.05, 0.1) is 28.7 Å². The number of pyridine rings is 1. The molecule has 4 rings (SSSR count). The van der Waals surface area contributed by atoms with Crippen LogP contribution in [0.1, 0.15) is 46.1 Å². The number of carbonyl (C=O) groups excluding carboxylic acids is 1. The zero-order valence-electron chi connectivity index (χ0n) is 14.1. The van der Waals surface area contributed by atoms with Gasteiger partial charge in [0.15, 0.2) is 10.9 Å². The van der Waals surface area contributed by atoms with E-state index in [1.807, 2.05) is 5.38 Å². The van der Waals surface area contributed by atoms with E-state index in [4.69, 9.17) is 0 Å². The highest BCUT2D eigenvalue weighted by molar-refractivity contribution is 7.14. The van der Waals surface area contributed by atoms with E-state index in [-0.39, 0.29) is 11.7 Å². The van der Waals surface area contributed by atoms with Crippen molar-refractivity contribution in [2.24, 2.45) is 0 Å². The summed E-state index contributed by atoms with van der Waals surface area (Å²) >= 11 is 1.36. The van der Waals surface area contributed by atoms with E-state index in [1.165, 1.54) is 28.3 Å². The Morgan fingerprint density at radius 2 is 2.07 bits per heavy atom. The molecular weight excluding hydrogens is 379 g/mol. The maximum atomic E-state index is 12.7. The van der Waals surface area contributed by atoms with Crippen LogP contribution in [0.2, 0.25) is 0 Å². The average molecular weight is 393 g/mol. The number of halogens is 3. The number of carbonyl (C=O) groups is 1. The molecule has 0 aliphatic heterocycles. The number of hydrogen-bond acceptors (Lipinski definition) is 5. The molecule has 6 nitrogen and oxygen atoms in total. The molecule has 0 atom stereocenters. The summed E-state index contributed by atoms with van der Waals surface area (Å²) in [7, 11) is 0. The molecule has 0 unspecified atom stereocenters. The van der Waals surface area contributed by atoms with Crippen LogP contribution >= 0.6 is 11.3 Å². The van der Waals surface area contributed by atoms with Gasteiger partial charge in [0.1, 0.15) is 0 Å². The molecule has 0 radical (unpaired) electrons. The van der Waals surface area contributed by atoms with Crippen molar-refractivity contribution in [3.05, 3.63) is 52.4 Å². The van der Waals surface area contributed by atoms with Gasteiger partial charge in [0, 0.05) is 17.5 Å². The number of aromatic nitrogens is 4. The minimum atomic E-state index is -4.46. The van der Waals surface area contributed by atoms with E-state index in [9.17, 15) is 18.0 Å². The molecule has 1 fully saturated rings. The average Bonchev–Trinajstić information content (AvgIpc) is 3.25. The molecule has 1 aliphatic carbocycles. The highest BCUT2D eigenvalue weighted by atomic mass is 32.1. The summed E-state index contributed by atoms with van der Waals surface area (Å²) in [4.78, 5) is 20.7. The van der Waals surface area contributed by atoms with E-state index in [0.29, 0.717) is 22.3 Å². The third kappa shape index (κ3) is 3.57. The Labute approximate surface area is 156 Å². The van der Waals surface area contributed by atoms with Gasteiger partial charge < -0.3 is 0 Å². The highest BCUT2D eigenvalue weighted by Gasteiger charge is 2.31. The van der Waals surface area contributed by atoms with Crippen LogP contribution in [0.4, 0.5) is 18.3 Å². The number of rotatable bonds is 4. The molecular formula is C17H14F3N5OS. The molecule has 3 aromatic heterocycles. The third-order valence-corrected chi connectivity index (χ3v) is 5.06. The second kappa shape index (κ2) is 6.45. The molecule has 1 saturated carbocycles. The standard InChI is InChI=1S/C17H14F3N5OS/c1-9-12(15(26)24-16-23-13(8-27-16)10-2-3-10)7-22-25(9)14-5-4-11(6-21-14)17(18,19)20/h4-8,10H,2-3H2,1H3,(H,23,24,26). The van der Waals surface area contributed by atoms with Crippen LogP contribution in [0.15, 0.2) is 29.9 Å². The summed E-state index contributed by atoms with van der Waals surface area (Å²) in [5, 5.41) is 9.28. The van der Waals surface area contributed by atoms with Gasteiger partial charge in [0.2, 0.25) is 0 Å². The molecule has 0 aromatic carbocycles. The predicted molar refractivity (Wildman–Crippen MR) is 93.1 cm³/mol. The number of nitrogens with one attached hydrogen (secondary N) is 1. The minimum Gasteiger partial charge on any atom is -0.298 e. The van der Waals surface area contributed by atoms with Gasteiger partial charge in [-0.3, -0.25) is 10.1 Å². The van der Waals surface area contributed by atoms with Crippen molar-refractivity contribution < 1.29 is 18.0 Å². The first-order valence-corrected chi connectivity index (χ1v) is 9.06. The van der Waals surface area contributed by atoms with Crippen LogP contribution in [0.25, 0.3) is 5.82 Å². The summed E-state index contributed by atoms with van der Waals surface area (Å²) in [6.07, 6.45) is -0.0976. The Balaban J connectivity index is 1.53. The number of anilines is 1. The monoisotopic (exact) mass is 393 g/mol. The largest absolute Gasteiger partial charge is 0.417 e. The maximum Gasteiger partial charge on any atom is 0.417 e. The molecule has 1 N–H and O–H groups in total. The van der Waals surface area contributed by atoms with Crippen LogP contribution in [-0.2, 0) is 6.18 Å². The van der Waals surface area contributed by atoms with Crippen LogP contribution in [-0.4, -0.2) is 25.7 Å². The van der Waals surface area contributed by atoms with Crippen molar-refractivity contribution in [2.45, 2.75) is 31.9 Å². The minimum absolute atomic E-state index is 0.199. The summed E-state index contributed by atoms with van der Waals surface area (Å²) < 4.78 is 39.3. The van der Waals surface area contributed by atoms with Crippen molar-refractivity contribution in [1.29, 1.82) is 0 Å². The summed E-state index contributed by atoms with van der Waals surface area (Å²) in [5.41, 5.74) is 0.930. The van der Waals surface area contributed by atoms with Gasteiger partial charge in [-0.05, 0) is 31.9 Å². The summed E-state index contributed by atoms with van der Waals surface area (Å²) in [6.45, 7) is 1.65. The van der Waals surface area contributed by atoms with Gasteiger partial charge in [-0.15, -0.1) is 11.3 Å². The lowest BCUT2D eigenvalue weighted by atomic mass is 10.2. The molecule has 10 heteroatoms. The maximum absolute atomic E-state index is 12.7. The lowest BCUT2D eigenvalue weighted by Crippen LogP contribution is -2.13. The van der Waals surface area contributed by atoms with E-state index in [1.54, 1.807) is 6.92 Å². The fraction of sp³-hybridized carbons (Fsp3) is 0.294. The molecule has 1 amide bonds. The molecule has 27 heavy (non-hydrogen) atoms. The first kappa shape index (κ1) is 17.7. The molecule has 3 aromatic rings. The van der Waals surface area contributed by atoms with Crippen molar-refractivity contribution >= 4 is 22.4 Å². The van der Waals surface area contributed by atoms with Crippen LogP contribution in [0.3, 0.4) is 0 Å². The summed E-state index contributed by atoms with van der Waals surface area (Å²) in [6, 6.07) is 2.14. The van der Waals surface area contributed by atoms with Crippen molar-refractivity contribution in [1.82, 2.24) is 19.7 Å². The van der Waals surface area contributed by atoms with E-state index >= 15 is 0 Å². The van der Waals surface area contributed by atoms with Crippen LogP contribution in [0, 0.1) is 6.92 Å². The van der Waals surface area contributed by atoms with E-state index in [0.717, 1.165) is 30.8 Å². The Morgan fingerprint density at radius 3 is 2.70 bits per heavy atom. The van der Waals surface area contributed by atoms with Gasteiger partial charge in [0.25, 0.3) is 5.91 Å². The molecule has 0 saturated heterocycles. The Morgan fingerprint density at radius 1 is 1.30 bits per heavy atom. The molecule has 1 aliphatic rings. The number of thiazole rings is 1. The van der Waals surface area contributed by atoms with Gasteiger partial charge in [-0.1, -0.05) is 0 Å². The zero-order chi connectivity index (χ0) is 19.2. The third-order valence-electron chi connectivity index (χ3n) is 4.28. The lowest BCUT2D eigenvalue weighted by molar-refractivity contribution is -0.137. The van der Waals surface area contributed by atoms with E-state index in [2.05, 4.69) is 20.4 Å². The molecule has 0 spiro atoms. The smallest absolute Gasteiger partial charge is 0.298 e. The molecule has 0 bridgehead atoms. The predicted octanol–water partition coefficient (Wildman–Crippen LogP) is 4.18. The Kier molecular flexibility index (Phi) is 4.22. The first-order valence-electron chi connectivity index (χ1n) is 8.18. The zero-order valence-corrected chi connectivity index (χ0v) is 14.9. The van der Waals surface area contributed by atoms with Gasteiger partial charge in [-0.2, -0.15) is 18.3 Å². The first-order chi connectivity index (χ1) is 12.8. The number of nitrogens with zero attached hydrogens (tertiary/aromatic N) is 4. The lowest BCUT2D eigenvalue weighted by Gasteiger charge is -2.08.